The van der Waals surface area contributed by atoms with Crippen LogP contribution in [0.1, 0.15) is 38.1 Å². The molecule has 0 aromatic carbocycles. The molecule has 7 heteroatoms. The number of hydrogen-bond donors (Lipinski definition) is 2. The van der Waals surface area contributed by atoms with Gasteiger partial charge in [-0.1, -0.05) is 27.7 Å². The van der Waals surface area contributed by atoms with Gasteiger partial charge in [-0.25, -0.2) is 4.98 Å². The molecule has 1 rings (SSSR count). The number of nitrogens with one attached hydrogen (secondary N) is 1. The largest absolute Gasteiger partial charge is 0.384 e. The third kappa shape index (κ3) is 4.40. The molecule has 0 unspecified atom stereocenters. The van der Waals surface area contributed by atoms with E-state index in [0.717, 1.165) is 6.20 Å². The van der Waals surface area contributed by atoms with Gasteiger partial charge in [0.15, 0.2) is 0 Å². The highest BCUT2D eigenvalue weighted by Gasteiger charge is 2.23. The summed E-state index contributed by atoms with van der Waals surface area (Å²) in [7, 11) is 0. The molecule has 0 spiro atoms. The van der Waals surface area contributed by atoms with Crippen molar-refractivity contribution in [3.8, 4) is 0 Å². The Bertz CT molecular complexity index is 521. The lowest BCUT2D eigenvalue weighted by molar-refractivity contribution is -0.385. The number of rotatable bonds is 6. The van der Waals surface area contributed by atoms with Crippen LogP contribution in [0.5, 0.6) is 0 Å². The van der Waals surface area contributed by atoms with Gasteiger partial charge in [-0.15, -0.1) is 0 Å². The number of hydrogen-bond acceptors (Lipinski definition) is 5. The quantitative estimate of drug-likeness (QED) is 0.617. The van der Waals surface area contributed by atoms with Gasteiger partial charge in [0.1, 0.15) is 17.6 Å². The van der Waals surface area contributed by atoms with Gasteiger partial charge in [-0.3, -0.25) is 14.9 Å². The zero-order chi connectivity index (χ0) is 16.2. The molecule has 0 aliphatic carbocycles. The van der Waals surface area contributed by atoms with Gasteiger partial charge in [-0.2, -0.15) is 0 Å². The lowest BCUT2D eigenvalue weighted by Crippen LogP contribution is -2.34. The lowest BCUT2D eigenvalue weighted by Gasteiger charge is -2.25. The lowest BCUT2D eigenvalue weighted by atomic mass is 9.85. The molecule has 7 nitrogen and oxygen atoms in total. The molecule has 0 atom stereocenters. The minimum Gasteiger partial charge on any atom is -0.384 e. The second-order valence-electron chi connectivity index (χ2n) is 5.75. The van der Waals surface area contributed by atoms with Gasteiger partial charge in [0.05, 0.1) is 4.92 Å². The van der Waals surface area contributed by atoms with E-state index >= 15 is 0 Å². The number of aromatic nitrogens is 1. The number of carbonyl (C=O) groups is 1. The Morgan fingerprint density at radius 3 is 2.43 bits per heavy atom. The van der Waals surface area contributed by atoms with E-state index in [4.69, 9.17) is 5.73 Å². The molecule has 0 saturated carbocycles. The first-order valence-corrected chi connectivity index (χ1v) is 6.92. The zero-order valence-electron chi connectivity index (χ0n) is 12.8. The minimum atomic E-state index is -0.635. The molecule has 0 fully saturated rings. The molecule has 0 radical (unpaired) electrons. The van der Waals surface area contributed by atoms with E-state index in [-0.39, 0.29) is 17.1 Å². The second-order valence-corrected chi connectivity index (χ2v) is 5.75. The van der Waals surface area contributed by atoms with Crippen molar-refractivity contribution in [2.24, 2.45) is 17.8 Å². The second kappa shape index (κ2) is 7.01. The Morgan fingerprint density at radius 1 is 1.38 bits per heavy atom. The third-order valence-corrected chi connectivity index (χ3v) is 3.56. The summed E-state index contributed by atoms with van der Waals surface area (Å²) in [6, 6.07) is 1.23. The predicted molar refractivity (Wildman–Crippen MR) is 80.8 cm³/mol. The topological polar surface area (TPSA) is 111 Å². The zero-order valence-corrected chi connectivity index (χ0v) is 12.8. The molecule has 0 bridgehead atoms. The van der Waals surface area contributed by atoms with Crippen LogP contribution in [0.3, 0.4) is 0 Å². The number of anilines is 1. The molecular formula is C14H22N4O3. The van der Waals surface area contributed by atoms with Crippen molar-refractivity contribution in [2.45, 2.75) is 27.7 Å². The molecule has 21 heavy (non-hydrogen) atoms. The number of nitrogen functional groups attached to an aromatic ring is 1. The Morgan fingerprint density at radius 2 is 1.95 bits per heavy atom. The number of nitrogens with two attached hydrogens (primary N) is 1. The molecule has 1 heterocycles. The summed E-state index contributed by atoms with van der Waals surface area (Å²) in [5.74, 6) is 0.690. The first-order valence-electron chi connectivity index (χ1n) is 6.92. The highest BCUT2D eigenvalue weighted by Crippen LogP contribution is 2.21. The van der Waals surface area contributed by atoms with Crippen LogP contribution in [-0.2, 0) is 0 Å². The summed E-state index contributed by atoms with van der Waals surface area (Å²) in [5.41, 5.74) is 5.11. The van der Waals surface area contributed by atoms with E-state index < -0.39 is 10.8 Å². The van der Waals surface area contributed by atoms with Gasteiger partial charge in [0.25, 0.3) is 11.6 Å². The van der Waals surface area contributed by atoms with Gasteiger partial charge >= 0.3 is 0 Å². The van der Waals surface area contributed by atoms with Gasteiger partial charge < -0.3 is 11.1 Å². The van der Waals surface area contributed by atoms with Crippen molar-refractivity contribution in [1.82, 2.24) is 10.3 Å². The van der Waals surface area contributed by atoms with Crippen LogP contribution in [0.15, 0.2) is 12.3 Å². The van der Waals surface area contributed by atoms with E-state index in [0.29, 0.717) is 24.3 Å². The Hall–Kier alpha value is -2.18. The van der Waals surface area contributed by atoms with Crippen LogP contribution < -0.4 is 11.1 Å². The Labute approximate surface area is 124 Å². The first kappa shape index (κ1) is 16.9. The number of nitrogens with zero attached hydrogens (tertiary/aromatic N) is 2. The summed E-state index contributed by atoms with van der Waals surface area (Å²) in [6.45, 7) is 8.81. The summed E-state index contributed by atoms with van der Waals surface area (Å²) in [6.07, 6.45) is 1.01. The van der Waals surface area contributed by atoms with Crippen molar-refractivity contribution < 1.29 is 9.72 Å². The molecule has 1 aromatic rings. The van der Waals surface area contributed by atoms with E-state index in [1.54, 1.807) is 0 Å². The van der Waals surface area contributed by atoms with E-state index in [2.05, 4.69) is 38.0 Å². The average Bonchev–Trinajstić information content (AvgIpc) is 2.37. The van der Waals surface area contributed by atoms with Crippen LogP contribution in [0.4, 0.5) is 11.5 Å². The average molecular weight is 294 g/mol. The molecule has 3 N–H and O–H groups in total. The minimum absolute atomic E-state index is 0.0567. The Kier molecular flexibility index (Phi) is 5.63. The van der Waals surface area contributed by atoms with Gasteiger partial charge in [0.2, 0.25) is 0 Å². The molecule has 116 valence electrons. The maximum Gasteiger partial charge on any atom is 0.300 e. The maximum absolute atomic E-state index is 12.2. The van der Waals surface area contributed by atoms with Crippen molar-refractivity contribution in [2.75, 3.05) is 12.3 Å². The van der Waals surface area contributed by atoms with Gasteiger partial charge in [-0.05, 0) is 23.8 Å². The molecule has 0 aliphatic heterocycles. The first-order chi connectivity index (χ1) is 9.73. The molecule has 1 amide bonds. The highest BCUT2D eigenvalue weighted by molar-refractivity contribution is 5.98. The third-order valence-electron chi connectivity index (χ3n) is 3.56. The molecule has 1 aromatic heterocycles. The number of pyridine rings is 1. The predicted octanol–water partition coefficient (Wildman–Crippen LogP) is 2.23. The van der Waals surface area contributed by atoms with Crippen LogP contribution in [0.2, 0.25) is 0 Å². The summed E-state index contributed by atoms with van der Waals surface area (Å²) >= 11 is 0. The summed E-state index contributed by atoms with van der Waals surface area (Å²) in [5, 5.41) is 13.7. The van der Waals surface area contributed by atoms with Crippen LogP contribution in [-0.4, -0.2) is 22.4 Å². The number of amides is 1. The van der Waals surface area contributed by atoms with E-state index in [9.17, 15) is 14.9 Å². The van der Waals surface area contributed by atoms with E-state index in [1.807, 2.05) is 0 Å². The fraction of sp³-hybridized carbons (Fsp3) is 0.571. The number of nitro groups is 1. The van der Waals surface area contributed by atoms with Crippen molar-refractivity contribution >= 4 is 17.4 Å². The fourth-order valence-corrected chi connectivity index (χ4v) is 2.34. The Balaban J connectivity index is 2.89. The molecular weight excluding hydrogens is 272 g/mol. The van der Waals surface area contributed by atoms with Crippen LogP contribution in [0.25, 0.3) is 0 Å². The van der Waals surface area contributed by atoms with E-state index in [1.165, 1.54) is 6.07 Å². The van der Waals surface area contributed by atoms with Crippen molar-refractivity contribution in [3.05, 3.63) is 27.9 Å². The normalized spacial score (nSPS) is 11.2. The van der Waals surface area contributed by atoms with Crippen LogP contribution in [0, 0.1) is 27.9 Å². The maximum atomic E-state index is 12.2. The van der Waals surface area contributed by atoms with Crippen molar-refractivity contribution in [3.63, 3.8) is 0 Å². The fourth-order valence-electron chi connectivity index (χ4n) is 2.34. The SMILES string of the molecule is CC(C)C(CNC(=O)c1cc(N)ncc1[N+](=O)[O-])C(C)C. The number of carbonyl (C=O) groups excluding carboxylic acids is 1. The molecule has 0 saturated heterocycles. The highest BCUT2D eigenvalue weighted by atomic mass is 16.6. The standard InChI is InChI=1S/C14H22N4O3/c1-8(2)11(9(3)4)6-17-14(19)10-5-13(15)16-7-12(10)18(20)21/h5,7-9,11H,6H2,1-4H3,(H2,15,16)(H,17,19). The summed E-state index contributed by atoms with van der Waals surface area (Å²) in [4.78, 5) is 26.1. The monoisotopic (exact) mass is 294 g/mol. The summed E-state index contributed by atoms with van der Waals surface area (Å²) < 4.78 is 0. The van der Waals surface area contributed by atoms with Gasteiger partial charge in [0, 0.05) is 6.54 Å². The molecule has 0 aliphatic rings. The smallest absolute Gasteiger partial charge is 0.300 e. The van der Waals surface area contributed by atoms with Crippen molar-refractivity contribution in [1.29, 1.82) is 0 Å². The van der Waals surface area contributed by atoms with Crippen LogP contribution >= 0.6 is 0 Å².